The van der Waals surface area contributed by atoms with Crippen molar-refractivity contribution >= 4 is 24.3 Å². The van der Waals surface area contributed by atoms with E-state index in [2.05, 4.69) is 19.2 Å². The zero-order valence-corrected chi connectivity index (χ0v) is 16.4. The number of carboxylic acids is 1. The second-order valence-electron chi connectivity index (χ2n) is 9.05. The topological polar surface area (TPSA) is 69.6 Å². The fraction of sp³-hybridized carbons (Fsp3) is 0.889. The quantitative estimate of drug-likeness (QED) is 0.811. The average molecular weight is 361 g/mol. The maximum atomic E-state index is 13.0. The Morgan fingerprint density at radius 1 is 1.12 bits per heavy atom. The van der Waals surface area contributed by atoms with E-state index in [1.54, 1.807) is 0 Å². The van der Waals surface area contributed by atoms with E-state index in [-0.39, 0.29) is 30.4 Å². The van der Waals surface area contributed by atoms with Crippen molar-refractivity contribution < 1.29 is 14.7 Å². The van der Waals surface area contributed by atoms with Gasteiger partial charge in [0.25, 0.3) is 0 Å². The third-order valence-corrected chi connectivity index (χ3v) is 5.38. The van der Waals surface area contributed by atoms with Crippen LogP contribution in [0, 0.1) is 10.8 Å². The number of carbonyl (C=O) groups excluding carboxylic acids is 1. The number of hydrogen-bond acceptors (Lipinski definition) is 3. The Balaban J connectivity index is 0.00000288. The second-order valence-corrected chi connectivity index (χ2v) is 9.05. The monoisotopic (exact) mass is 360 g/mol. The lowest BCUT2D eigenvalue weighted by molar-refractivity contribution is -0.146. The molecule has 5 nitrogen and oxygen atoms in total. The summed E-state index contributed by atoms with van der Waals surface area (Å²) in [6.45, 7) is 11.0. The van der Waals surface area contributed by atoms with E-state index in [1.165, 1.54) is 0 Å². The molecule has 2 rings (SSSR count). The minimum absolute atomic E-state index is 0. The lowest BCUT2D eigenvalue weighted by atomic mass is 9.74. The first kappa shape index (κ1) is 21.2. The molecular weight excluding hydrogens is 328 g/mol. The molecule has 1 amide bonds. The van der Waals surface area contributed by atoms with Crippen LogP contribution in [0.2, 0.25) is 0 Å². The lowest BCUT2D eigenvalue weighted by Crippen LogP contribution is -2.53. The summed E-state index contributed by atoms with van der Waals surface area (Å²) in [6, 6.07) is -0.293. The van der Waals surface area contributed by atoms with Crippen LogP contribution in [0.25, 0.3) is 0 Å². The highest BCUT2D eigenvalue weighted by atomic mass is 35.5. The number of amides is 1. The number of halogens is 1. The Bertz CT molecular complexity index is 463. The molecule has 0 spiro atoms. The van der Waals surface area contributed by atoms with Crippen molar-refractivity contribution in [2.75, 3.05) is 6.54 Å². The molecule has 6 heteroatoms. The molecule has 0 aromatic carbocycles. The fourth-order valence-electron chi connectivity index (χ4n) is 3.80. The minimum Gasteiger partial charge on any atom is -0.480 e. The van der Waals surface area contributed by atoms with E-state index in [4.69, 9.17) is 0 Å². The van der Waals surface area contributed by atoms with Crippen molar-refractivity contribution in [2.45, 2.75) is 84.8 Å². The van der Waals surface area contributed by atoms with Gasteiger partial charge >= 0.3 is 5.97 Å². The van der Waals surface area contributed by atoms with E-state index in [9.17, 15) is 14.7 Å². The number of rotatable bonds is 3. The maximum absolute atomic E-state index is 13.0. The molecule has 0 radical (unpaired) electrons. The van der Waals surface area contributed by atoms with Crippen molar-refractivity contribution in [1.29, 1.82) is 0 Å². The number of hydrogen-bond donors (Lipinski definition) is 2. The van der Waals surface area contributed by atoms with Crippen molar-refractivity contribution in [1.82, 2.24) is 10.2 Å². The summed E-state index contributed by atoms with van der Waals surface area (Å²) < 4.78 is 0. The lowest BCUT2D eigenvalue weighted by Gasteiger charge is -2.44. The second kappa shape index (κ2) is 7.61. The first-order valence-corrected chi connectivity index (χ1v) is 8.80. The Morgan fingerprint density at radius 3 is 2.08 bits per heavy atom. The van der Waals surface area contributed by atoms with Gasteiger partial charge in [-0.15, -0.1) is 12.4 Å². The molecule has 0 bridgehead atoms. The van der Waals surface area contributed by atoms with Gasteiger partial charge in [-0.05, 0) is 37.5 Å². The Morgan fingerprint density at radius 2 is 1.67 bits per heavy atom. The van der Waals surface area contributed by atoms with E-state index in [0.29, 0.717) is 18.4 Å². The Kier molecular flexibility index (Phi) is 6.73. The van der Waals surface area contributed by atoms with Crippen molar-refractivity contribution in [3.05, 3.63) is 0 Å². The highest BCUT2D eigenvalue weighted by Gasteiger charge is 2.42. The van der Waals surface area contributed by atoms with Crippen LogP contribution in [0.15, 0.2) is 0 Å². The van der Waals surface area contributed by atoms with Crippen LogP contribution in [0.1, 0.15) is 66.7 Å². The van der Waals surface area contributed by atoms with E-state index in [1.807, 2.05) is 25.7 Å². The van der Waals surface area contributed by atoms with Crippen LogP contribution >= 0.6 is 12.4 Å². The van der Waals surface area contributed by atoms with Gasteiger partial charge in [-0.2, -0.15) is 0 Å². The van der Waals surface area contributed by atoms with Crippen molar-refractivity contribution in [3.63, 3.8) is 0 Å². The van der Waals surface area contributed by atoms with Crippen molar-refractivity contribution in [2.24, 2.45) is 10.8 Å². The molecule has 2 aliphatic rings. The zero-order chi connectivity index (χ0) is 17.4. The number of aliphatic carboxylic acids is 1. The van der Waals surface area contributed by atoms with E-state index >= 15 is 0 Å². The predicted molar refractivity (Wildman–Crippen MR) is 97.4 cm³/mol. The van der Waals surface area contributed by atoms with Gasteiger partial charge in [0.1, 0.15) is 6.04 Å². The Hall–Kier alpha value is -0.810. The molecule has 24 heavy (non-hydrogen) atoms. The van der Waals surface area contributed by atoms with Crippen LogP contribution in [0.5, 0.6) is 0 Å². The first-order chi connectivity index (χ1) is 10.5. The van der Waals surface area contributed by atoms with Crippen LogP contribution in [0.4, 0.5) is 0 Å². The highest BCUT2D eigenvalue weighted by Crippen LogP contribution is 2.39. The smallest absolute Gasteiger partial charge is 0.320 e. The summed E-state index contributed by atoms with van der Waals surface area (Å²) in [4.78, 5) is 26.3. The maximum Gasteiger partial charge on any atom is 0.320 e. The molecule has 2 fully saturated rings. The summed E-state index contributed by atoms with van der Waals surface area (Å²) in [5, 5.41) is 12.3. The number of carboxylic acid groups (broad SMARTS) is 1. The molecule has 1 heterocycles. The van der Waals surface area contributed by atoms with Crippen molar-refractivity contribution in [3.8, 4) is 0 Å². The number of nitrogens with one attached hydrogen (secondary N) is 1. The third kappa shape index (κ3) is 4.85. The van der Waals surface area contributed by atoms with Gasteiger partial charge in [0.2, 0.25) is 5.91 Å². The summed E-state index contributed by atoms with van der Waals surface area (Å²) in [7, 11) is 0. The molecule has 0 unspecified atom stereocenters. The molecule has 2 N–H and O–H groups in total. The fourth-order valence-corrected chi connectivity index (χ4v) is 3.80. The van der Waals surface area contributed by atoms with Gasteiger partial charge in [-0.3, -0.25) is 9.59 Å². The summed E-state index contributed by atoms with van der Waals surface area (Å²) in [5.74, 6) is -0.666. The normalized spacial score (nSPS) is 27.4. The summed E-state index contributed by atoms with van der Waals surface area (Å²) >= 11 is 0. The molecule has 1 saturated carbocycles. The molecule has 0 aromatic rings. The number of carbonyl (C=O) groups is 2. The Labute approximate surface area is 152 Å². The van der Waals surface area contributed by atoms with Crippen LogP contribution in [0.3, 0.4) is 0 Å². The summed E-state index contributed by atoms with van der Waals surface area (Å²) in [5.41, 5.74) is -0.0846. The van der Waals surface area contributed by atoms with Gasteiger partial charge in [0, 0.05) is 24.0 Å². The van der Waals surface area contributed by atoms with Gasteiger partial charge in [0.15, 0.2) is 0 Å². The summed E-state index contributed by atoms with van der Waals surface area (Å²) in [6.07, 6.45) is 4.78. The largest absolute Gasteiger partial charge is 0.480 e. The van der Waals surface area contributed by atoms with Gasteiger partial charge in [-0.25, -0.2) is 0 Å². The molecular formula is C18H33ClN2O3. The standard InChI is InChI=1S/C18H32N2O3.ClH/c1-17(2,3)16(23)20(12-6-8-18(4,5)9-7-12)13-10-14(15(21)22)19-11-13;/h12-14,19H,6-11H2,1-5H3,(H,21,22);1H/t13-,14-;/m0./s1. The third-order valence-electron chi connectivity index (χ3n) is 5.38. The van der Waals surface area contributed by atoms with E-state index in [0.717, 1.165) is 25.7 Å². The van der Waals surface area contributed by atoms with Crippen LogP contribution < -0.4 is 5.32 Å². The molecule has 1 aliphatic heterocycles. The van der Waals surface area contributed by atoms with Crippen LogP contribution in [-0.4, -0.2) is 46.6 Å². The van der Waals surface area contributed by atoms with E-state index < -0.39 is 17.4 Å². The van der Waals surface area contributed by atoms with Gasteiger partial charge < -0.3 is 15.3 Å². The highest BCUT2D eigenvalue weighted by molar-refractivity contribution is 5.85. The van der Waals surface area contributed by atoms with Gasteiger partial charge in [-0.1, -0.05) is 34.6 Å². The molecule has 1 aliphatic carbocycles. The SMILES string of the molecule is CC1(C)CCC(N(C(=O)C(C)(C)C)[C@@H]2CN[C@H](C(=O)O)C2)CC1.Cl. The zero-order valence-electron chi connectivity index (χ0n) is 15.6. The molecule has 1 saturated heterocycles. The minimum atomic E-state index is -0.819. The van der Waals surface area contributed by atoms with Crippen LogP contribution in [-0.2, 0) is 9.59 Å². The molecule has 140 valence electrons. The first-order valence-electron chi connectivity index (χ1n) is 8.80. The number of nitrogens with zero attached hydrogens (tertiary/aromatic N) is 1. The predicted octanol–water partition coefficient (Wildman–Crippen LogP) is 3.07. The van der Waals surface area contributed by atoms with Gasteiger partial charge in [0.05, 0.1) is 0 Å². The molecule has 0 aromatic heterocycles. The average Bonchev–Trinajstić information content (AvgIpc) is 2.89. The molecule has 2 atom stereocenters.